The number of carbonyl (C=O) groups excluding carboxylic acids is 1. The van der Waals surface area contributed by atoms with Crippen molar-refractivity contribution in [3.05, 3.63) is 0 Å². The number of rotatable bonds is 1. The first kappa shape index (κ1) is 9.76. The van der Waals surface area contributed by atoms with E-state index in [1.807, 2.05) is 0 Å². The minimum atomic E-state index is -0.130. The minimum Gasteiger partial charge on any atom is -0.369 e. The van der Waals surface area contributed by atoms with E-state index < -0.39 is 0 Å². The zero-order valence-electron chi connectivity index (χ0n) is 6.39. The fourth-order valence-electron chi connectivity index (χ4n) is 1.48. The molecule has 0 atom stereocenters. The second-order valence-corrected chi connectivity index (χ2v) is 3.67. The van der Waals surface area contributed by atoms with Gasteiger partial charge < -0.3 is 5.73 Å². The minimum absolute atomic E-state index is 0. The molecule has 2 nitrogen and oxygen atoms in total. The maximum absolute atomic E-state index is 10.5. The third kappa shape index (κ3) is 1.87. The number of hydrogen-bond acceptors (Lipinski definition) is 1. The molecule has 3 heteroatoms. The lowest BCUT2D eigenvalue weighted by Gasteiger charge is -2.40. The molecule has 1 fully saturated rings. The van der Waals surface area contributed by atoms with E-state index in [0.717, 1.165) is 12.8 Å². The quantitative estimate of drug-likeness (QED) is 0.623. The van der Waals surface area contributed by atoms with E-state index in [0.29, 0.717) is 5.41 Å². The van der Waals surface area contributed by atoms with E-state index in [9.17, 15) is 4.79 Å². The second-order valence-electron chi connectivity index (χ2n) is 3.67. The van der Waals surface area contributed by atoms with Gasteiger partial charge in [-0.15, -0.1) is 12.4 Å². The Morgan fingerprint density at radius 3 is 2.00 bits per heavy atom. The lowest BCUT2D eigenvalue weighted by atomic mass is 9.64. The molecule has 0 heterocycles. The summed E-state index contributed by atoms with van der Waals surface area (Å²) in [5, 5.41) is 0. The summed E-state index contributed by atoms with van der Waals surface area (Å²) in [6.45, 7) is 4.32. The molecule has 1 saturated carbocycles. The topological polar surface area (TPSA) is 43.1 Å². The molecule has 0 aliphatic heterocycles. The lowest BCUT2D eigenvalue weighted by molar-refractivity contribution is -0.128. The van der Waals surface area contributed by atoms with Gasteiger partial charge in [0.05, 0.1) is 0 Å². The standard InChI is InChI=1S/C7H13NO.ClH/c1-7(2)3-5(4-7)6(8)9;/h5H,3-4H2,1-2H3,(H2,8,9);1H. The molecule has 0 radical (unpaired) electrons. The second kappa shape index (κ2) is 2.79. The molecule has 0 aromatic heterocycles. The van der Waals surface area contributed by atoms with Gasteiger partial charge in [-0.1, -0.05) is 13.8 Å². The summed E-state index contributed by atoms with van der Waals surface area (Å²) in [4.78, 5) is 10.5. The van der Waals surface area contributed by atoms with E-state index in [2.05, 4.69) is 13.8 Å². The van der Waals surface area contributed by atoms with Crippen molar-refractivity contribution in [1.82, 2.24) is 0 Å². The Balaban J connectivity index is 0.000000810. The molecule has 1 aliphatic carbocycles. The van der Waals surface area contributed by atoms with Crippen LogP contribution < -0.4 is 5.73 Å². The monoisotopic (exact) mass is 163 g/mol. The number of hydrogen-bond donors (Lipinski definition) is 1. The van der Waals surface area contributed by atoms with Gasteiger partial charge in [0.2, 0.25) is 5.91 Å². The molecule has 0 saturated heterocycles. The first-order valence-corrected chi connectivity index (χ1v) is 3.31. The zero-order chi connectivity index (χ0) is 7.07. The molecule has 0 bridgehead atoms. The van der Waals surface area contributed by atoms with E-state index in [-0.39, 0.29) is 24.2 Å². The van der Waals surface area contributed by atoms with Gasteiger partial charge in [-0.3, -0.25) is 4.79 Å². The average molecular weight is 164 g/mol. The first-order valence-electron chi connectivity index (χ1n) is 3.31. The molecule has 1 aliphatic rings. The van der Waals surface area contributed by atoms with Crippen molar-refractivity contribution in [2.75, 3.05) is 0 Å². The van der Waals surface area contributed by atoms with Gasteiger partial charge in [-0.2, -0.15) is 0 Å². The smallest absolute Gasteiger partial charge is 0.220 e. The molecular formula is C7H14ClNO. The first-order chi connectivity index (χ1) is 4.01. The van der Waals surface area contributed by atoms with Gasteiger partial charge in [-0.25, -0.2) is 0 Å². The lowest BCUT2D eigenvalue weighted by Crippen LogP contribution is -2.40. The predicted molar refractivity (Wildman–Crippen MR) is 42.9 cm³/mol. The zero-order valence-corrected chi connectivity index (χ0v) is 7.20. The van der Waals surface area contributed by atoms with Crippen LogP contribution in [0.5, 0.6) is 0 Å². The fraction of sp³-hybridized carbons (Fsp3) is 0.857. The van der Waals surface area contributed by atoms with Crippen molar-refractivity contribution in [1.29, 1.82) is 0 Å². The highest BCUT2D eigenvalue weighted by Gasteiger charge is 2.38. The summed E-state index contributed by atoms with van der Waals surface area (Å²) < 4.78 is 0. The van der Waals surface area contributed by atoms with Gasteiger partial charge in [0.15, 0.2) is 0 Å². The summed E-state index contributed by atoms with van der Waals surface area (Å²) >= 11 is 0. The van der Waals surface area contributed by atoms with E-state index in [1.165, 1.54) is 0 Å². The number of halogens is 1. The summed E-state index contributed by atoms with van der Waals surface area (Å²) in [5.41, 5.74) is 5.45. The van der Waals surface area contributed by atoms with E-state index in [1.54, 1.807) is 0 Å². The van der Waals surface area contributed by atoms with Crippen LogP contribution in [0.3, 0.4) is 0 Å². The van der Waals surface area contributed by atoms with Crippen LogP contribution in [-0.2, 0) is 4.79 Å². The average Bonchev–Trinajstić information content (AvgIpc) is 1.59. The van der Waals surface area contributed by atoms with Crippen molar-refractivity contribution < 1.29 is 4.79 Å². The molecular weight excluding hydrogens is 150 g/mol. The number of nitrogens with two attached hydrogens (primary N) is 1. The number of carbonyl (C=O) groups is 1. The van der Waals surface area contributed by atoms with Crippen molar-refractivity contribution in [3.8, 4) is 0 Å². The third-order valence-corrected chi connectivity index (χ3v) is 2.00. The van der Waals surface area contributed by atoms with Crippen LogP contribution in [-0.4, -0.2) is 5.91 Å². The third-order valence-electron chi connectivity index (χ3n) is 2.00. The Kier molecular flexibility index (Phi) is 2.72. The Bertz CT molecular complexity index is 137. The highest BCUT2D eigenvalue weighted by atomic mass is 35.5. The predicted octanol–water partition coefficient (Wildman–Crippen LogP) is 1.33. The molecule has 0 spiro atoms. The molecule has 1 rings (SSSR count). The molecule has 1 amide bonds. The normalized spacial score (nSPS) is 22.6. The largest absolute Gasteiger partial charge is 0.369 e. The Labute approximate surface area is 67.6 Å². The summed E-state index contributed by atoms with van der Waals surface area (Å²) in [5.74, 6) is 0.0364. The van der Waals surface area contributed by atoms with Crippen LogP contribution in [0.1, 0.15) is 26.7 Å². The summed E-state index contributed by atoms with van der Waals surface area (Å²) in [7, 11) is 0. The maximum atomic E-state index is 10.5. The SMILES string of the molecule is CC1(C)CC(C(N)=O)C1.Cl. The van der Waals surface area contributed by atoms with Crippen molar-refractivity contribution in [2.24, 2.45) is 17.1 Å². The molecule has 10 heavy (non-hydrogen) atoms. The Hall–Kier alpha value is -0.240. The van der Waals surface area contributed by atoms with Crippen LogP contribution in [0.15, 0.2) is 0 Å². The Morgan fingerprint density at radius 1 is 1.50 bits per heavy atom. The fourth-order valence-corrected chi connectivity index (χ4v) is 1.48. The van der Waals surface area contributed by atoms with Gasteiger partial charge in [0.25, 0.3) is 0 Å². The molecule has 0 aromatic rings. The highest BCUT2D eigenvalue weighted by molar-refractivity contribution is 5.85. The maximum Gasteiger partial charge on any atom is 0.220 e. The summed E-state index contributed by atoms with van der Waals surface area (Å²) in [6.07, 6.45) is 1.95. The molecule has 2 N–H and O–H groups in total. The van der Waals surface area contributed by atoms with E-state index >= 15 is 0 Å². The van der Waals surface area contributed by atoms with Crippen LogP contribution in [0, 0.1) is 11.3 Å². The van der Waals surface area contributed by atoms with Gasteiger partial charge in [0.1, 0.15) is 0 Å². The number of primary amides is 1. The van der Waals surface area contributed by atoms with Crippen molar-refractivity contribution in [2.45, 2.75) is 26.7 Å². The number of amides is 1. The van der Waals surface area contributed by atoms with Gasteiger partial charge >= 0.3 is 0 Å². The van der Waals surface area contributed by atoms with Crippen molar-refractivity contribution >= 4 is 18.3 Å². The van der Waals surface area contributed by atoms with Gasteiger partial charge in [0, 0.05) is 5.92 Å². The van der Waals surface area contributed by atoms with Crippen LogP contribution in [0.25, 0.3) is 0 Å². The van der Waals surface area contributed by atoms with Crippen LogP contribution in [0.2, 0.25) is 0 Å². The van der Waals surface area contributed by atoms with Crippen LogP contribution in [0.4, 0.5) is 0 Å². The summed E-state index contributed by atoms with van der Waals surface area (Å²) in [6, 6.07) is 0. The Morgan fingerprint density at radius 2 is 1.90 bits per heavy atom. The highest BCUT2D eigenvalue weighted by Crippen LogP contribution is 2.44. The van der Waals surface area contributed by atoms with Gasteiger partial charge in [-0.05, 0) is 18.3 Å². The molecule has 0 unspecified atom stereocenters. The van der Waals surface area contributed by atoms with Crippen molar-refractivity contribution in [3.63, 3.8) is 0 Å². The van der Waals surface area contributed by atoms with E-state index in [4.69, 9.17) is 5.73 Å². The molecule has 60 valence electrons. The van der Waals surface area contributed by atoms with Crippen LogP contribution >= 0.6 is 12.4 Å². The molecule has 0 aromatic carbocycles.